The molecule has 24 heavy (non-hydrogen) atoms. The van der Waals surface area contributed by atoms with E-state index < -0.39 is 0 Å². The highest BCUT2D eigenvalue weighted by atomic mass is 35.5. The van der Waals surface area contributed by atoms with Crippen molar-refractivity contribution in [1.82, 2.24) is 9.88 Å². The first kappa shape index (κ1) is 18.2. The minimum Gasteiger partial charge on any atom is -0.384 e. The SMILES string of the molecule is Cl.Nc1ccc(NC(=O)CCC(=O)N2CCc3sccc3C2)cn1. The van der Waals surface area contributed by atoms with E-state index in [1.165, 1.54) is 16.6 Å². The van der Waals surface area contributed by atoms with Crippen LogP contribution in [-0.2, 0) is 22.6 Å². The molecule has 0 fully saturated rings. The van der Waals surface area contributed by atoms with Crippen LogP contribution in [-0.4, -0.2) is 28.2 Å². The van der Waals surface area contributed by atoms with E-state index in [1.807, 2.05) is 4.90 Å². The first-order chi connectivity index (χ1) is 11.1. The number of nitrogens with zero attached hydrogens (tertiary/aromatic N) is 2. The summed E-state index contributed by atoms with van der Waals surface area (Å²) in [5.41, 5.74) is 7.30. The van der Waals surface area contributed by atoms with Gasteiger partial charge in [-0.15, -0.1) is 23.7 Å². The fraction of sp³-hybridized carbons (Fsp3) is 0.312. The van der Waals surface area contributed by atoms with Gasteiger partial charge in [-0.2, -0.15) is 0 Å². The molecular formula is C16H19ClN4O2S. The van der Waals surface area contributed by atoms with Crippen LogP contribution in [0, 0.1) is 0 Å². The van der Waals surface area contributed by atoms with Crippen molar-refractivity contribution in [3.05, 3.63) is 40.2 Å². The predicted octanol–water partition coefficient (Wildman–Crippen LogP) is 2.45. The summed E-state index contributed by atoms with van der Waals surface area (Å²) in [6, 6.07) is 5.37. The Morgan fingerprint density at radius 3 is 2.88 bits per heavy atom. The average molecular weight is 367 g/mol. The second-order valence-electron chi connectivity index (χ2n) is 5.45. The van der Waals surface area contributed by atoms with Crippen LogP contribution in [0.25, 0.3) is 0 Å². The third kappa shape index (κ3) is 4.46. The van der Waals surface area contributed by atoms with Crippen LogP contribution >= 0.6 is 23.7 Å². The lowest BCUT2D eigenvalue weighted by atomic mass is 10.1. The smallest absolute Gasteiger partial charge is 0.224 e. The topological polar surface area (TPSA) is 88.3 Å². The molecule has 0 atom stereocenters. The lowest BCUT2D eigenvalue weighted by molar-refractivity contribution is -0.133. The third-order valence-corrected chi connectivity index (χ3v) is 4.82. The van der Waals surface area contributed by atoms with Crippen LogP contribution in [0.4, 0.5) is 11.5 Å². The second-order valence-corrected chi connectivity index (χ2v) is 6.45. The summed E-state index contributed by atoms with van der Waals surface area (Å²) in [6.07, 6.45) is 2.78. The van der Waals surface area contributed by atoms with Crippen molar-refractivity contribution in [1.29, 1.82) is 0 Å². The van der Waals surface area contributed by atoms with Crippen LogP contribution < -0.4 is 11.1 Å². The van der Waals surface area contributed by atoms with Crippen molar-refractivity contribution in [3.63, 3.8) is 0 Å². The minimum atomic E-state index is -0.196. The quantitative estimate of drug-likeness (QED) is 0.869. The number of amides is 2. The van der Waals surface area contributed by atoms with Gasteiger partial charge in [0.05, 0.1) is 11.9 Å². The number of pyridine rings is 1. The highest BCUT2D eigenvalue weighted by Gasteiger charge is 2.21. The number of nitrogens with one attached hydrogen (secondary N) is 1. The molecule has 3 heterocycles. The van der Waals surface area contributed by atoms with Crippen LogP contribution in [0.2, 0.25) is 0 Å². The molecule has 6 nitrogen and oxygen atoms in total. The van der Waals surface area contributed by atoms with Gasteiger partial charge in [0.1, 0.15) is 5.82 Å². The Morgan fingerprint density at radius 1 is 1.29 bits per heavy atom. The largest absolute Gasteiger partial charge is 0.384 e. The summed E-state index contributed by atoms with van der Waals surface area (Å²) >= 11 is 1.74. The fourth-order valence-corrected chi connectivity index (χ4v) is 3.43. The molecule has 2 amide bonds. The molecule has 1 aliphatic heterocycles. The Labute approximate surface area is 150 Å². The van der Waals surface area contributed by atoms with E-state index in [0.29, 0.717) is 18.1 Å². The minimum absolute atomic E-state index is 0. The third-order valence-electron chi connectivity index (χ3n) is 3.80. The lowest BCUT2D eigenvalue weighted by Gasteiger charge is -2.27. The standard InChI is InChI=1S/C16H18N4O2S.ClH/c17-14-2-1-12(9-18-14)19-15(21)3-4-16(22)20-7-5-13-11(10-20)6-8-23-13;/h1-2,6,8-9H,3-5,7,10H2,(H2,17,18)(H,19,21);1H. The molecule has 0 saturated carbocycles. The summed E-state index contributed by atoms with van der Waals surface area (Å²) in [6.45, 7) is 1.39. The number of hydrogen-bond acceptors (Lipinski definition) is 5. The van der Waals surface area contributed by atoms with Gasteiger partial charge in [-0.25, -0.2) is 4.98 Å². The molecule has 2 aromatic rings. The zero-order valence-corrected chi connectivity index (χ0v) is 14.7. The summed E-state index contributed by atoms with van der Waals surface area (Å²) in [4.78, 5) is 31.3. The van der Waals surface area contributed by atoms with Gasteiger partial charge < -0.3 is 16.0 Å². The van der Waals surface area contributed by atoms with Crippen molar-refractivity contribution >= 4 is 47.1 Å². The molecule has 0 aromatic carbocycles. The van der Waals surface area contributed by atoms with Gasteiger partial charge in [-0.3, -0.25) is 9.59 Å². The van der Waals surface area contributed by atoms with Gasteiger partial charge in [0.25, 0.3) is 0 Å². The van der Waals surface area contributed by atoms with Crippen molar-refractivity contribution in [2.75, 3.05) is 17.6 Å². The van der Waals surface area contributed by atoms with Crippen LogP contribution in [0.15, 0.2) is 29.8 Å². The molecule has 2 aromatic heterocycles. The molecule has 3 N–H and O–H groups in total. The van der Waals surface area contributed by atoms with E-state index in [-0.39, 0.29) is 37.1 Å². The number of carbonyl (C=O) groups is 2. The van der Waals surface area contributed by atoms with E-state index in [0.717, 1.165) is 13.0 Å². The van der Waals surface area contributed by atoms with Crippen molar-refractivity contribution in [2.45, 2.75) is 25.8 Å². The predicted molar refractivity (Wildman–Crippen MR) is 97.2 cm³/mol. The maximum absolute atomic E-state index is 12.3. The normalized spacial score (nSPS) is 12.9. The van der Waals surface area contributed by atoms with Crippen molar-refractivity contribution in [2.24, 2.45) is 0 Å². The van der Waals surface area contributed by atoms with Crippen molar-refractivity contribution in [3.8, 4) is 0 Å². The molecule has 1 aliphatic rings. The fourth-order valence-electron chi connectivity index (χ4n) is 2.54. The van der Waals surface area contributed by atoms with Gasteiger partial charge in [0, 0.05) is 30.8 Å². The molecule has 0 saturated heterocycles. The number of nitrogen functional groups attached to an aromatic ring is 1. The maximum atomic E-state index is 12.3. The first-order valence-electron chi connectivity index (χ1n) is 7.46. The highest BCUT2D eigenvalue weighted by molar-refractivity contribution is 7.10. The Morgan fingerprint density at radius 2 is 2.12 bits per heavy atom. The monoisotopic (exact) mass is 366 g/mol. The Hall–Kier alpha value is -2.12. The number of aromatic nitrogens is 1. The number of halogens is 1. The zero-order chi connectivity index (χ0) is 16.2. The van der Waals surface area contributed by atoms with Gasteiger partial charge in [-0.1, -0.05) is 0 Å². The molecule has 0 unspecified atom stereocenters. The van der Waals surface area contributed by atoms with E-state index in [2.05, 4.69) is 21.7 Å². The Balaban J connectivity index is 0.00000208. The van der Waals surface area contributed by atoms with Gasteiger partial charge in [-0.05, 0) is 35.6 Å². The Kier molecular flexibility index (Phi) is 6.16. The highest BCUT2D eigenvalue weighted by Crippen LogP contribution is 2.24. The molecular weight excluding hydrogens is 348 g/mol. The van der Waals surface area contributed by atoms with Gasteiger partial charge >= 0.3 is 0 Å². The van der Waals surface area contributed by atoms with E-state index in [1.54, 1.807) is 23.5 Å². The molecule has 0 radical (unpaired) electrons. The second kappa shape index (κ2) is 8.12. The number of thiophene rings is 1. The maximum Gasteiger partial charge on any atom is 0.224 e. The molecule has 3 rings (SSSR count). The van der Waals surface area contributed by atoms with E-state index >= 15 is 0 Å². The molecule has 0 bridgehead atoms. The summed E-state index contributed by atoms with van der Waals surface area (Å²) in [7, 11) is 0. The summed E-state index contributed by atoms with van der Waals surface area (Å²) in [5, 5.41) is 4.78. The number of fused-ring (bicyclic) bond motifs is 1. The van der Waals surface area contributed by atoms with Crippen LogP contribution in [0.5, 0.6) is 0 Å². The average Bonchev–Trinajstić information content (AvgIpc) is 3.02. The molecule has 128 valence electrons. The number of carbonyl (C=O) groups excluding carboxylic acids is 2. The van der Waals surface area contributed by atoms with Gasteiger partial charge in [0.15, 0.2) is 0 Å². The van der Waals surface area contributed by atoms with Crippen molar-refractivity contribution < 1.29 is 9.59 Å². The van der Waals surface area contributed by atoms with Crippen LogP contribution in [0.1, 0.15) is 23.3 Å². The number of hydrogen-bond donors (Lipinski definition) is 2. The number of rotatable bonds is 4. The molecule has 0 aliphatic carbocycles. The zero-order valence-electron chi connectivity index (χ0n) is 13.0. The number of nitrogens with two attached hydrogens (primary N) is 1. The Bertz CT molecular complexity index is 717. The number of anilines is 2. The summed E-state index contributed by atoms with van der Waals surface area (Å²) < 4.78 is 0. The van der Waals surface area contributed by atoms with Crippen LogP contribution in [0.3, 0.4) is 0 Å². The van der Waals surface area contributed by atoms with E-state index in [4.69, 9.17) is 5.73 Å². The van der Waals surface area contributed by atoms with Gasteiger partial charge in [0.2, 0.25) is 11.8 Å². The molecule has 0 spiro atoms. The lowest BCUT2D eigenvalue weighted by Crippen LogP contribution is -2.35. The first-order valence-corrected chi connectivity index (χ1v) is 8.34. The summed E-state index contributed by atoms with van der Waals surface area (Å²) in [5.74, 6) is 0.224. The molecule has 8 heteroatoms. The van der Waals surface area contributed by atoms with E-state index in [9.17, 15) is 9.59 Å².